The summed E-state index contributed by atoms with van der Waals surface area (Å²) >= 11 is 0. The Bertz CT molecular complexity index is 1310. The van der Waals surface area contributed by atoms with Gasteiger partial charge in [0.25, 0.3) is 0 Å². The highest BCUT2D eigenvalue weighted by Crippen LogP contribution is 2.36. The van der Waals surface area contributed by atoms with Gasteiger partial charge in [0.05, 0.1) is 6.33 Å². The summed E-state index contributed by atoms with van der Waals surface area (Å²) in [5, 5.41) is 2.52. The van der Waals surface area contributed by atoms with E-state index in [0.717, 1.165) is 0 Å². The molecule has 2 aromatic heterocycles. The Kier molecular flexibility index (Phi) is 7.57. The number of ether oxygens (including phenoxy) is 5. The molecule has 14 nitrogen and oxygen atoms in total. The number of nitrogens with zero attached hydrogens (tertiary/aromatic N) is 4. The van der Waals surface area contributed by atoms with Gasteiger partial charge in [0.2, 0.25) is 0 Å². The van der Waals surface area contributed by atoms with Crippen molar-refractivity contribution in [3.63, 3.8) is 0 Å². The summed E-state index contributed by atoms with van der Waals surface area (Å²) in [7, 11) is 0. The molecule has 0 radical (unpaired) electrons. The van der Waals surface area contributed by atoms with Crippen molar-refractivity contribution in [2.75, 3.05) is 11.9 Å². The molecule has 1 aliphatic heterocycles. The largest absolute Gasteiger partial charge is 0.463 e. The van der Waals surface area contributed by atoms with Gasteiger partial charge in [0, 0.05) is 20.8 Å². The molecule has 1 amide bonds. The Hall–Kier alpha value is -4.59. The fourth-order valence-electron chi connectivity index (χ4n) is 3.76. The minimum atomic E-state index is -1.13. The first-order chi connectivity index (χ1) is 17.7. The number of rotatable bonds is 7. The summed E-state index contributed by atoms with van der Waals surface area (Å²) in [6, 6.07) is 8.44. The molecule has 1 saturated heterocycles. The average molecular weight is 513 g/mol. The minimum Gasteiger partial charge on any atom is -0.463 e. The zero-order valence-electron chi connectivity index (χ0n) is 20.0. The second-order valence-electron chi connectivity index (χ2n) is 7.89. The van der Waals surface area contributed by atoms with Crippen molar-refractivity contribution in [2.45, 2.75) is 45.3 Å². The van der Waals surface area contributed by atoms with Gasteiger partial charge in [0.1, 0.15) is 24.8 Å². The molecule has 37 heavy (non-hydrogen) atoms. The van der Waals surface area contributed by atoms with E-state index < -0.39 is 48.5 Å². The topological polar surface area (TPSA) is 170 Å². The van der Waals surface area contributed by atoms with Gasteiger partial charge < -0.3 is 23.7 Å². The number of amides is 1. The van der Waals surface area contributed by atoms with Crippen molar-refractivity contribution in [1.82, 2.24) is 19.5 Å². The maximum absolute atomic E-state index is 12.4. The van der Waals surface area contributed by atoms with Gasteiger partial charge in [-0.2, -0.15) is 0 Å². The Morgan fingerprint density at radius 3 is 2.32 bits per heavy atom. The molecular formula is C23H23N5O9. The second-order valence-corrected chi connectivity index (χ2v) is 7.89. The first kappa shape index (κ1) is 25.5. The number of anilines is 1. The molecule has 0 spiro atoms. The lowest BCUT2D eigenvalue weighted by Gasteiger charge is -2.23. The van der Waals surface area contributed by atoms with Crippen LogP contribution in [0.1, 0.15) is 27.0 Å². The first-order valence-electron chi connectivity index (χ1n) is 11.1. The third-order valence-corrected chi connectivity index (χ3v) is 5.15. The minimum absolute atomic E-state index is 0.0553. The molecule has 0 aliphatic carbocycles. The van der Waals surface area contributed by atoms with E-state index in [2.05, 4.69) is 20.3 Å². The van der Waals surface area contributed by atoms with E-state index in [1.807, 2.05) is 0 Å². The van der Waals surface area contributed by atoms with E-state index in [1.54, 1.807) is 30.3 Å². The maximum atomic E-state index is 12.4. The van der Waals surface area contributed by atoms with Crippen LogP contribution < -0.4 is 10.1 Å². The van der Waals surface area contributed by atoms with Crippen molar-refractivity contribution in [1.29, 1.82) is 0 Å². The quantitative estimate of drug-likeness (QED) is 0.359. The van der Waals surface area contributed by atoms with Gasteiger partial charge in [0.15, 0.2) is 35.4 Å². The van der Waals surface area contributed by atoms with Gasteiger partial charge in [-0.15, -0.1) is 0 Å². The molecule has 1 aromatic carbocycles. The predicted octanol–water partition coefficient (Wildman–Crippen LogP) is 1.76. The molecule has 3 aromatic rings. The van der Waals surface area contributed by atoms with E-state index in [-0.39, 0.29) is 23.6 Å². The van der Waals surface area contributed by atoms with Crippen LogP contribution in [-0.4, -0.2) is 68.4 Å². The highest BCUT2D eigenvalue weighted by molar-refractivity contribution is 5.94. The number of para-hydroxylation sites is 1. The standard InChI is InChI=1S/C23H23N5O9/c1-12(29)33-9-16-18(34-13(2)30)19(35-14(3)31)22(37-16)28-11-26-17-20(24-10-25-21(17)28)27-23(32)36-15-7-5-4-6-8-15/h4-8,10-11,16,18-19,22H,9H2,1-3H3,(H,24,25,27,32)/t16-,18-,19-,22-/m1/s1. The molecule has 1 fully saturated rings. The lowest BCUT2D eigenvalue weighted by atomic mass is 10.1. The van der Waals surface area contributed by atoms with Crippen molar-refractivity contribution < 1.29 is 42.9 Å². The van der Waals surface area contributed by atoms with E-state index in [1.165, 1.54) is 38.0 Å². The van der Waals surface area contributed by atoms with Crippen molar-refractivity contribution >= 4 is 41.0 Å². The van der Waals surface area contributed by atoms with Gasteiger partial charge in [-0.05, 0) is 12.1 Å². The zero-order chi connectivity index (χ0) is 26.5. The Morgan fingerprint density at radius 1 is 0.946 bits per heavy atom. The molecule has 194 valence electrons. The third kappa shape index (κ3) is 5.98. The normalized spacial score (nSPS) is 20.7. The summed E-state index contributed by atoms with van der Waals surface area (Å²) in [6.45, 7) is 3.33. The number of carbonyl (C=O) groups is 4. The van der Waals surface area contributed by atoms with Gasteiger partial charge in [-0.25, -0.2) is 19.7 Å². The highest BCUT2D eigenvalue weighted by Gasteiger charge is 2.51. The van der Waals surface area contributed by atoms with Crippen LogP contribution in [0.2, 0.25) is 0 Å². The van der Waals surface area contributed by atoms with Crippen LogP contribution in [0.3, 0.4) is 0 Å². The Balaban J connectivity index is 1.64. The molecule has 3 heterocycles. The van der Waals surface area contributed by atoms with E-state index in [0.29, 0.717) is 5.75 Å². The van der Waals surface area contributed by atoms with Crippen LogP contribution in [0.25, 0.3) is 11.2 Å². The fraction of sp³-hybridized carbons (Fsp3) is 0.348. The summed E-state index contributed by atoms with van der Waals surface area (Å²) in [4.78, 5) is 60.0. The molecular weight excluding hydrogens is 490 g/mol. The van der Waals surface area contributed by atoms with Gasteiger partial charge in [-0.3, -0.25) is 24.3 Å². The lowest BCUT2D eigenvalue weighted by Crippen LogP contribution is -2.40. The molecule has 4 atom stereocenters. The number of nitrogens with one attached hydrogen (secondary N) is 1. The molecule has 0 unspecified atom stereocenters. The molecule has 4 rings (SSSR count). The van der Waals surface area contributed by atoms with Gasteiger partial charge in [-0.1, -0.05) is 18.2 Å². The van der Waals surface area contributed by atoms with E-state index in [4.69, 9.17) is 23.7 Å². The number of carbonyl (C=O) groups excluding carboxylic acids is 4. The Morgan fingerprint density at radius 2 is 1.65 bits per heavy atom. The number of imidazole rings is 1. The van der Waals surface area contributed by atoms with Gasteiger partial charge >= 0.3 is 24.0 Å². The number of esters is 3. The number of hydrogen-bond acceptors (Lipinski definition) is 12. The lowest BCUT2D eigenvalue weighted by molar-refractivity contribution is -0.166. The molecule has 1 aliphatic rings. The number of aromatic nitrogens is 4. The molecule has 0 saturated carbocycles. The zero-order valence-corrected chi connectivity index (χ0v) is 20.0. The van der Waals surface area contributed by atoms with Crippen LogP contribution >= 0.6 is 0 Å². The number of benzene rings is 1. The average Bonchev–Trinajstić information content (AvgIpc) is 3.40. The third-order valence-electron chi connectivity index (χ3n) is 5.15. The molecule has 14 heteroatoms. The van der Waals surface area contributed by atoms with Crippen LogP contribution in [0.15, 0.2) is 43.0 Å². The summed E-state index contributed by atoms with van der Waals surface area (Å²) in [6.07, 6.45) is -2.52. The number of fused-ring (bicyclic) bond motifs is 1. The molecule has 0 bridgehead atoms. The van der Waals surface area contributed by atoms with Crippen molar-refractivity contribution in [3.05, 3.63) is 43.0 Å². The maximum Gasteiger partial charge on any atom is 0.418 e. The monoisotopic (exact) mass is 513 g/mol. The van der Waals surface area contributed by atoms with Crippen LogP contribution in [0.4, 0.5) is 10.6 Å². The smallest absolute Gasteiger partial charge is 0.418 e. The van der Waals surface area contributed by atoms with Crippen molar-refractivity contribution in [3.8, 4) is 5.75 Å². The number of hydrogen-bond donors (Lipinski definition) is 1. The first-order valence-corrected chi connectivity index (χ1v) is 11.1. The summed E-state index contributed by atoms with van der Waals surface area (Å²) < 4.78 is 28.5. The summed E-state index contributed by atoms with van der Waals surface area (Å²) in [5.74, 6) is -1.50. The summed E-state index contributed by atoms with van der Waals surface area (Å²) in [5.41, 5.74) is 0.395. The predicted molar refractivity (Wildman–Crippen MR) is 123 cm³/mol. The second kappa shape index (κ2) is 11.0. The van der Waals surface area contributed by atoms with Crippen LogP contribution in [-0.2, 0) is 33.3 Å². The highest BCUT2D eigenvalue weighted by atomic mass is 16.7. The van der Waals surface area contributed by atoms with Crippen LogP contribution in [0.5, 0.6) is 5.75 Å². The van der Waals surface area contributed by atoms with Crippen LogP contribution in [0, 0.1) is 0 Å². The SMILES string of the molecule is CC(=O)OC[C@H]1O[C@@H](n2cnc3c(NC(=O)Oc4ccccc4)ncnc32)[C@H](OC(C)=O)[C@@H]1OC(C)=O. The van der Waals surface area contributed by atoms with Crippen molar-refractivity contribution in [2.24, 2.45) is 0 Å². The molecule has 1 N–H and O–H groups in total. The van der Waals surface area contributed by atoms with E-state index in [9.17, 15) is 19.2 Å². The fourth-order valence-corrected chi connectivity index (χ4v) is 3.76. The van der Waals surface area contributed by atoms with E-state index >= 15 is 0 Å². The Labute approximate surface area is 209 Å².